The van der Waals surface area contributed by atoms with E-state index in [1.54, 1.807) is 0 Å². The summed E-state index contributed by atoms with van der Waals surface area (Å²) >= 11 is 0. The number of fused-ring (bicyclic) bond motifs is 1. The van der Waals surface area contributed by atoms with E-state index in [0.29, 0.717) is 24.5 Å². The normalized spacial score (nSPS) is 19.7. The van der Waals surface area contributed by atoms with Crippen molar-refractivity contribution in [2.45, 2.75) is 40.0 Å². The molecule has 0 amide bonds. The molecule has 1 atom stereocenters. The third-order valence-electron chi connectivity index (χ3n) is 3.07. The van der Waals surface area contributed by atoms with Gasteiger partial charge in [0.15, 0.2) is 5.78 Å². The first-order chi connectivity index (χ1) is 7.49. The second kappa shape index (κ2) is 3.89. The van der Waals surface area contributed by atoms with Crippen molar-refractivity contribution in [3.8, 4) is 0 Å². The SMILES string of the molecule is CC(=O)Cc1oc2c(c1C)C(=O)CC(C)C2. The first-order valence-corrected chi connectivity index (χ1v) is 5.62. The zero-order chi connectivity index (χ0) is 11.9. The molecule has 0 aromatic carbocycles. The summed E-state index contributed by atoms with van der Waals surface area (Å²) in [4.78, 5) is 23.0. The van der Waals surface area contributed by atoms with Gasteiger partial charge in [-0.05, 0) is 19.8 Å². The third kappa shape index (κ3) is 1.82. The van der Waals surface area contributed by atoms with E-state index in [9.17, 15) is 9.59 Å². The molecule has 1 aliphatic carbocycles. The number of carbonyl (C=O) groups excluding carboxylic acids is 2. The van der Waals surface area contributed by atoms with E-state index in [-0.39, 0.29) is 11.6 Å². The highest BCUT2D eigenvalue weighted by Crippen LogP contribution is 2.31. The Morgan fingerprint density at radius 1 is 1.44 bits per heavy atom. The molecule has 0 saturated carbocycles. The maximum Gasteiger partial charge on any atom is 0.166 e. The van der Waals surface area contributed by atoms with Crippen LogP contribution >= 0.6 is 0 Å². The van der Waals surface area contributed by atoms with E-state index in [0.717, 1.165) is 23.3 Å². The van der Waals surface area contributed by atoms with Crippen LogP contribution in [-0.4, -0.2) is 11.6 Å². The summed E-state index contributed by atoms with van der Waals surface area (Å²) in [5, 5.41) is 0. The van der Waals surface area contributed by atoms with E-state index in [1.165, 1.54) is 6.92 Å². The van der Waals surface area contributed by atoms with Gasteiger partial charge in [-0.15, -0.1) is 0 Å². The molecule has 2 rings (SSSR count). The average molecular weight is 220 g/mol. The summed E-state index contributed by atoms with van der Waals surface area (Å²) in [6.45, 7) is 5.45. The Labute approximate surface area is 94.8 Å². The molecule has 16 heavy (non-hydrogen) atoms. The van der Waals surface area contributed by atoms with Gasteiger partial charge in [-0.25, -0.2) is 0 Å². The molecule has 3 heteroatoms. The van der Waals surface area contributed by atoms with Crippen LogP contribution in [0.2, 0.25) is 0 Å². The predicted octanol–water partition coefficient (Wildman–Crippen LogP) is 2.48. The van der Waals surface area contributed by atoms with Gasteiger partial charge < -0.3 is 4.42 Å². The standard InChI is InChI=1S/C13H16O3/c1-7-4-10(15)13-9(3)11(6-8(2)14)16-12(13)5-7/h7H,4-6H2,1-3H3. The molecule has 0 bridgehead atoms. The van der Waals surface area contributed by atoms with Crippen LogP contribution in [0.4, 0.5) is 0 Å². The predicted molar refractivity (Wildman–Crippen MR) is 59.6 cm³/mol. The van der Waals surface area contributed by atoms with Crippen LogP contribution in [0.15, 0.2) is 4.42 Å². The largest absolute Gasteiger partial charge is 0.465 e. The van der Waals surface area contributed by atoms with Gasteiger partial charge in [0, 0.05) is 18.4 Å². The number of ketones is 2. The molecule has 0 radical (unpaired) electrons. The van der Waals surface area contributed by atoms with E-state index in [2.05, 4.69) is 0 Å². The molecule has 0 fully saturated rings. The van der Waals surface area contributed by atoms with Crippen molar-refractivity contribution in [3.05, 3.63) is 22.6 Å². The van der Waals surface area contributed by atoms with Crippen molar-refractivity contribution < 1.29 is 14.0 Å². The molecule has 1 aromatic heterocycles. The number of hydrogen-bond donors (Lipinski definition) is 0. The maximum absolute atomic E-state index is 11.9. The summed E-state index contributed by atoms with van der Waals surface area (Å²) in [6.07, 6.45) is 1.69. The number of hydrogen-bond acceptors (Lipinski definition) is 3. The highest BCUT2D eigenvalue weighted by Gasteiger charge is 2.29. The minimum absolute atomic E-state index is 0.0645. The van der Waals surface area contributed by atoms with Gasteiger partial charge in [0.25, 0.3) is 0 Å². The Morgan fingerprint density at radius 2 is 2.12 bits per heavy atom. The van der Waals surface area contributed by atoms with Crippen molar-refractivity contribution in [2.24, 2.45) is 5.92 Å². The summed E-state index contributed by atoms with van der Waals surface area (Å²) in [7, 11) is 0. The smallest absolute Gasteiger partial charge is 0.166 e. The fraction of sp³-hybridized carbons (Fsp3) is 0.538. The second-order valence-corrected chi connectivity index (χ2v) is 4.76. The lowest BCUT2D eigenvalue weighted by atomic mass is 9.87. The number of Topliss-reactive ketones (excluding diaryl/α,β-unsaturated/α-hetero) is 2. The van der Waals surface area contributed by atoms with E-state index < -0.39 is 0 Å². The van der Waals surface area contributed by atoms with Gasteiger partial charge in [0.2, 0.25) is 0 Å². The van der Waals surface area contributed by atoms with E-state index >= 15 is 0 Å². The van der Waals surface area contributed by atoms with E-state index in [4.69, 9.17) is 4.42 Å². The Morgan fingerprint density at radius 3 is 2.75 bits per heavy atom. The van der Waals surface area contributed by atoms with Gasteiger partial charge in [-0.3, -0.25) is 9.59 Å². The Hall–Kier alpha value is -1.38. The summed E-state index contributed by atoms with van der Waals surface area (Å²) in [6, 6.07) is 0. The molecule has 0 N–H and O–H groups in total. The Bertz CT molecular complexity index is 454. The minimum Gasteiger partial charge on any atom is -0.465 e. The third-order valence-corrected chi connectivity index (χ3v) is 3.07. The Kier molecular flexibility index (Phi) is 2.70. The van der Waals surface area contributed by atoms with Gasteiger partial charge in [-0.1, -0.05) is 6.92 Å². The fourth-order valence-corrected chi connectivity index (χ4v) is 2.34. The van der Waals surface area contributed by atoms with Crippen molar-refractivity contribution in [2.75, 3.05) is 0 Å². The first-order valence-electron chi connectivity index (χ1n) is 5.62. The van der Waals surface area contributed by atoms with Crippen molar-refractivity contribution in [3.63, 3.8) is 0 Å². The van der Waals surface area contributed by atoms with Crippen LogP contribution < -0.4 is 0 Å². The van der Waals surface area contributed by atoms with E-state index in [1.807, 2.05) is 13.8 Å². The van der Waals surface area contributed by atoms with Crippen molar-refractivity contribution in [1.29, 1.82) is 0 Å². The summed E-state index contributed by atoms with van der Waals surface area (Å²) in [5.41, 5.74) is 1.59. The monoisotopic (exact) mass is 220 g/mol. The average Bonchev–Trinajstić information content (AvgIpc) is 2.41. The molecular formula is C13H16O3. The molecule has 86 valence electrons. The molecule has 1 aliphatic rings. The van der Waals surface area contributed by atoms with Crippen LogP contribution in [0, 0.1) is 12.8 Å². The lowest BCUT2D eigenvalue weighted by Crippen LogP contribution is -2.16. The molecular weight excluding hydrogens is 204 g/mol. The Balaban J connectivity index is 2.43. The molecule has 0 spiro atoms. The van der Waals surface area contributed by atoms with Crippen LogP contribution in [0.5, 0.6) is 0 Å². The van der Waals surface area contributed by atoms with Crippen molar-refractivity contribution >= 4 is 11.6 Å². The van der Waals surface area contributed by atoms with Gasteiger partial charge in [-0.2, -0.15) is 0 Å². The molecule has 0 aliphatic heterocycles. The number of carbonyl (C=O) groups is 2. The highest BCUT2D eigenvalue weighted by molar-refractivity contribution is 6.00. The van der Waals surface area contributed by atoms with Crippen LogP contribution in [0.25, 0.3) is 0 Å². The maximum atomic E-state index is 11.9. The lowest BCUT2D eigenvalue weighted by Gasteiger charge is -2.15. The van der Waals surface area contributed by atoms with Crippen LogP contribution in [0.3, 0.4) is 0 Å². The van der Waals surface area contributed by atoms with Crippen molar-refractivity contribution in [1.82, 2.24) is 0 Å². The summed E-state index contributed by atoms with van der Waals surface area (Å²) < 4.78 is 5.65. The molecule has 0 saturated heterocycles. The molecule has 1 unspecified atom stereocenters. The summed E-state index contributed by atoms with van der Waals surface area (Å²) in [5.74, 6) is 2.01. The fourth-order valence-electron chi connectivity index (χ4n) is 2.34. The molecule has 3 nitrogen and oxygen atoms in total. The first kappa shape index (κ1) is 11.1. The van der Waals surface area contributed by atoms with Crippen LogP contribution in [-0.2, 0) is 17.6 Å². The zero-order valence-electron chi connectivity index (χ0n) is 9.92. The quantitative estimate of drug-likeness (QED) is 0.769. The lowest BCUT2D eigenvalue weighted by molar-refractivity contribution is -0.116. The molecule has 1 heterocycles. The number of furan rings is 1. The second-order valence-electron chi connectivity index (χ2n) is 4.76. The number of rotatable bonds is 2. The highest BCUT2D eigenvalue weighted by atomic mass is 16.3. The molecule has 1 aromatic rings. The van der Waals surface area contributed by atoms with Gasteiger partial charge in [0.05, 0.1) is 12.0 Å². The topological polar surface area (TPSA) is 47.3 Å². The zero-order valence-corrected chi connectivity index (χ0v) is 9.92. The minimum atomic E-state index is 0.0645. The van der Waals surface area contributed by atoms with Gasteiger partial charge >= 0.3 is 0 Å². The van der Waals surface area contributed by atoms with Crippen LogP contribution in [0.1, 0.15) is 47.7 Å². The van der Waals surface area contributed by atoms with Gasteiger partial charge in [0.1, 0.15) is 17.3 Å².